The molecule has 2 saturated heterocycles. The van der Waals surface area contributed by atoms with E-state index in [9.17, 15) is 0 Å². The number of benzene rings is 1. The van der Waals surface area contributed by atoms with Crippen molar-refractivity contribution in [1.29, 1.82) is 0 Å². The van der Waals surface area contributed by atoms with Gasteiger partial charge < -0.3 is 9.32 Å². The quantitative estimate of drug-likeness (QED) is 0.835. The van der Waals surface area contributed by atoms with Crippen molar-refractivity contribution in [3.63, 3.8) is 0 Å². The number of rotatable bonds is 4. The molecular weight excluding hydrogens is 336 g/mol. The van der Waals surface area contributed by atoms with E-state index in [2.05, 4.69) is 32.9 Å². The van der Waals surface area contributed by atoms with Crippen LogP contribution < -0.4 is 4.90 Å². The standard InChI is InChI=1S/C19H26N4O.ClH/c1-2-8-21(7-1)14-15-3-6-17-18(13-15)24-19(20-17)23-11-9-22(10-12-23)16-4-5-16;/h3,6,13,16H,1-2,4-5,7-12,14H2;1H. The molecule has 3 heterocycles. The molecule has 1 aromatic heterocycles. The van der Waals surface area contributed by atoms with Crippen LogP contribution in [0.1, 0.15) is 31.2 Å². The lowest BCUT2D eigenvalue weighted by Gasteiger charge is -2.33. The van der Waals surface area contributed by atoms with Crippen LogP contribution >= 0.6 is 12.4 Å². The lowest BCUT2D eigenvalue weighted by Crippen LogP contribution is -2.47. The van der Waals surface area contributed by atoms with Gasteiger partial charge >= 0.3 is 0 Å². The van der Waals surface area contributed by atoms with Crippen molar-refractivity contribution in [2.45, 2.75) is 38.3 Å². The second-order valence-corrected chi connectivity index (χ2v) is 7.54. The van der Waals surface area contributed by atoms with E-state index in [1.54, 1.807) is 0 Å². The van der Waals surface area contributed by atoms with Crippen LogP contribution in [0.4, 0.5) is 6.01 Å². The van der Waals surface area contributed by atoms with Crippen molar-refractivity contribution in [3.05, 3.63) is 23.8 Å². The Balaban J connectivity index is 0.00000157. The molecule has 1 aliphatic carbocycles. The minimum Gasteiger partial charge on any atom is -0.423 e. The molecular formula is C19H27ClN4O. The summed E-state index contributed by atoms with van der Waals surface area (Å²) in [5.74, 6) is 0. The first kappa shape index (κ1) is 17.1. The van der Waals surface area contributed by atoms with Crippen molar-refractivity contribution in [3.8, 4) is 0 Å². The van der Waals surface area contributed by atoms with Gasteiger partial charge in [-0.1, -0.05) is 6.07 Å². The normalized spacial score (nSPS) is 22.5. The van der Waals surface area contributed by atoms with Crippen LogP contribution in [0.3, 0.4) is 0 Å². The van der Waals surface area contributed by atoms with E-state index in [1.165, 1.54) is 44.3 Å². The second-order valence-electron chi connectivity index (χ2n) is 7.54. The fourth-order valence-corrected chi connectivity index (χ4v) is 4.11. The predicted molar refractivity (Wildman–Crippen MR) is 103 cm³/mol. The summed E-state index contributed by atoms with van der Waals surface area (Å²) in [4.78, 5) is 12.2. The Kier molecular flexibility index (Phi) is 4.89. The Bertz CT molecular complexity index is 715. The average Bonchev–Trinajstić information content (AvgIpc) is 3.17. The lowest BCUT2D eigenvalue weighted by atomic mass is 10.2. The van der Waals surface area contributed by atoms with Gasteiger partial charge in [-0.05, 0) is 56.5 Å². The van der Waals surface area contributed by atoms with Gasteiger partial charge in [-0.2, -0.15) is 4.98 Å². The maximum Gasteiger partial charge on any atom is 0.298 e. The zero-order chi connectivity index (χ0) is 15.9. The molecule has 5 rings (SSSR count). The van der Waals surface area contributed by atoms with E-state index >= 15 is 0 Å². The van der Waals surface area contributed by atoms with E-state index in [-0.39, 0.29) is 12.4 Å². The fourth-order valence-electron chi connectivity index (χ4n) is 4.11. The monoisotopic (exact) mass is 362 g/mol. The third-order valence-corrected chi connectivity index (χ3v) is 5.69. The Hall–Kier alpha value is -1.30. The first-order valence-corrected chi connectivity index (χ1v) is 9.46. The number of anilines is 1. The maximum absolute atomic E-state index is 6.10. The number of halogens is 1. The topological polar surface area (TPSA) is 35.8 Å². The summed E-state index contributed by atoms with van der Waals surface area (Å²) in [6.45, 7) is 7.84. The van der Waals surface area contributed by atoms with Crippen LogP contribution in [0, 0.1) is 0 Å². The minimum atomic E-state index is 0. The molecule has 0 atom stereocenters. The highest BCUT2D eigenvalue weighted by Gasteiger charge is 2.32. The summed E-state index contributed by atoms with van der Waals surface area (Å²) in [6, 6.07) is 8.18. The van der Waals surface area contributed by atoms with Gasteiger partial charge in [-0.15, -0.1) is 12.4 Å². The molecule has 6 heteroatoms. The highest BCUT2D eigenvalue weighted by Crippen LogP contribution is 2.29. The number of piperazine rings is 1. The molecule has 0 unspecified atom stereocenters. The molecule has 3 fully saturated rings. The van der Waals surface area contributed by atoms with Gasteiger partial charge in [0.15, 0.2) is 5.58 Å². The molecule has 3 aliphatic rings. The smallest absolute Gasteiger partial charge is 0.298 e. The summed E-state index contributed by atoms with van der Waals surface area (Å²) in [7, 11) is 0. The third-order valence-electron chi connectivity index (χ3n) is 5.69. The highest BCUT2D eigenvalue weighted by molar-refractivity contribution is 5.85. The number of hydrogen-bond donors (Lipinski definition) is 0. The molecule has 0 spiro atoms. The first-order valence-electron chi connectivity index (χ1n) is 9.46. The number of likely N-dealkylation sites (tertiary alicyclic amines) is 1. The molecule has 0 amide bonds. The summed E-state index contributed by atoms with van der Waals surface area (Å²) < 4.78 is 6.10. The third kappa shape index (κ3) is 3.64. The Labute approximate surface area is 155 Å². The number of oxazole rings is 1. The van der Waals surface area contributed by atoms with Gasteiger partial charge in [0.2, 0.25) is 0 Å². The van der Waals surface area contributed by atoms with Crippen molar-refractivity contribution >= 4 is 29.5 Å². The zero-order valence-corrected chi connectivity index (χ0v) is 15.5. The molecule has 136 valence electrons. The summed E-state index contributed by atoms with van der Waals surface area (Å²) >= 11 is 0. The molecule has 0 radical (unpaired) electrons. The molecule has 25 heavy (non-hydrogen) atoms. The maximum atomic E-state index is 6.10. The Morgan fingerprint density at radius 3 is 2.48 bits per heavy atom. The van der Waals surface area contributed by atoms with Crippen LogP contribution in [-0.4, -0.2) is 60.1 Å². The van der Waals surface area contributed by atoms with Crippen LogP contribution in [0.25, 0.3) is 11.1 Å². The summed E-state index contributed by atoms with van der Waals surface area (Å²) in [5.41, 5.74) is 3.26. The van der Waals surface area contributed by atoms with Gasteiger partial charge in [0.1, 0.15) is 5.52 Å². The highest BCUT2D eigenvalue weighted by atomic mass is 35.5. The average molecular weight is 363 g/mol. The van der Waals surface area contributed by atoms with Crippen LogP contribution in [0.5, 0.6) is 0 Å². The zero-order valence-electron chi connectivity index (χ0n) is 14.7. The fraction of sp³-hybridized carbons (Fsp3) is 0.632. The van der Waals surface area contributed by atoms with Crippen molar-refractivity contribution in [2.24, 2.45) is 0 Å². The van der Waals surface area contributed by atoms with Gasteiger partial charge in [0, 0.05) is 38.8 Å². The molecule has 0 N–H and O–H groups in total. The van der Waals surface area contributed by atoms with Crippen LogP contribution in [-0.2, 0) is 6.54 Å². The van der Waals surface area contributed by atoms with Gasteiger partial charge in [-0.3, -0.25) is 9.80 Å². The molecule has 5 nitrogen and oxygen atoms in total. The summed E-state index contributed by atoms with van der Waals surface area (Å²) in [5, 5.41) is 0. The SMILES string of the molecule is Cl.c1cc2nc(N3CCN(C4CC4)CC3)oc2cc1CN1CCCC1. The Morgan fingerprint density at radius 2 is 1.76 bits per heavy atom. The molecule has 0 bridgehead atoms. The van der Waals surface area contributed by atoms with Crippen LogP contribution in [0.15, 0.2) is 22.6 Å². The molecule has 2 aromatic rings. The van der Waals surface area contributed by atoms with Gasteiger partial charge in [0.25, 0.3) is 6.01 Å². The van der Waals surface area contributed by atoms with E-state index < -0.39 is 0 Å². The largest absolute Gasteiger partial charge is 0.423 e. The van der Waals surface area contributed by atoms with Crippen molar-refractivity contribution < 1.29 is 4.42 Å². The van der Waals surface area contributed by atoms with Crippen molar-refractivity contribution in [2.75, 3.05) is 44.2 Å². The summed E-state index contributed by atoms with van der Waals surface area (Å²) in [6.07, 6.45) is 5.45. The van der Waals surface area contributed by atoms with Crippen molar-refractivity contribution in [1.82, 2.24) is 14.8 Å². The first-order chi connectivity index (χ1) is 11.8. The Morgan fingerprint density at radius 1 is 1.00 bits per heavy atom. The molecule has 2 aliphatic heterocycles. The van der Waals surface area contributed by atoms with Gasteiger partial charge in [0.05, 0.1) is 0 Å². The van der Waals surface area contributed by atoms with E-state index in [4.69, 9.17) is 9.40 Å². The number of aromatic nitrogens is 1. The lowest BCUT2D eigenvalue weighted by molar-refractivity contribution is 0.244. The predicted octanol–water partition coefficient (Wildman–Crippen LogP) is 3.13. The van der Waals surface area contributed by atoms with Gasteiger partial charge in [-0.25, -0.2) is 0 Å². The van der Waals surface area contributed by atoms with E-state index in [1.807, 2.05) is 0 Å². The van der Waals surface area contributed by atoms with E-state index in [0.29, 0.717) is 0 Å². The minimum absolute atomic E-state index is 0. The second kappa shape index (κ2) is 7.14. The number of nitrogens with zero attached hydrogens (tertiary/aromatic N) is 4. The molecule has 1 saturated carbocycles. The van der Waals surface area contributed by atoms with E-state index in [0.717, 1.165) is 55.9 Å². The van der Waals surface area contributed by atoms with Crippen LogP contribution in [0.2, 0.25) is 0 Å². The number of fused-ring (bicyclic) bond motifs is 1. The number of hydrogen-bond acceptors (Lipinski definition) is 5. The molecule has 1 aromatic carbocycles.